The van der Waals surface area contributed by atoms with Crippen molar-refractivity contribution in [2.24, 2.45) is 5.92 Å². The van der Waals surface area contributed by atoms with Crippen molar-refractivity contribution in [3.63, 3.8) is 0 Å². The van der Waals surface area contributed by atoms with Crippen molar-refractivity contribution in [2.45, 2.75) is 45.8 Å². The molecular formula is C15H22N4O5S. The molecule has 1 rings (SSSR count). The summed E-state index contributed by atoms with van der Waals surface area (Å²) in [5, 5.41) is 17.0. The van der Waals surface area contributed by atoms with E-state index in [9.17, 15) is 19.2 Å². The minimum absolute atomic E-state index is 0.114. The first-order valence-corrected chi connectivity index (χ1v) is 8.48. The molecule has 0 aliphatic rings. The Labute approximate surface area is 149 Å². The average Bonchev–Trinajstić information content (AvgIpc) is 2.99. The summed E-state index contributed by atoms with van der Waals surface area (Å²) >= 11 is 1.12. The number of carbonyl (C=O) groups is 4. The summed E-state index contributed by atoms with van der Waals surface area (Å²) in [6.45, 7) is 6.44. The van der Waals surface area contributed by atoms with Gasteiger partial charge in [-0.1, -0.05) is 25.2 Å². The topological polar surface area (TPSA) is 137 Å². The number of thiazole rings is 1. The molecule has 0 aliphatic heterocycles. The minimum Gasteiger partial charge on any atom is -0.480 e. The van der Waals surface area contributed by atoms with Crippen LogP contribution < -0.4 is 16.0 Å². The van der Waals surface area contributed by atoms with Crippen LogP contribution in [0.1, 0.15) is 37.4 Å². The van der Waals surface area contributed by atoms with E-state index in [4.69, 9.17) is 5.11 Å². The van der Waals surface area contributed by atoms with Crippen LogP contribution in [-0.2, 0) is 14.4 Å². The first kappa shape index (κ1) is 20.6. The number of aliphatic carboxylic acids is 1. The van der Waals surface area contributed by atoms with Crippen molar-refractivity contribution in [2.75, 3.05) is 5.32 Å². The summed E-state index contributed by atoms with van der Waals surface area (Å²) in [6.07, 6.45) is 2.07. The Balaban J connectivity index is 2.70. The lowest BCUT2D eigenvalue weighted by Gasteiger charge is -2.23. The second-order valence-electron chi connectivity index (χ2n) is 5.85. The van der Waals surface area contributed by atoms with Crippen molar-refractivity contribution < 1.29 is 24.3 Å². The van der Waals surface area contributed by atoms with Gasteiger partial charge in [-0.25, -0.2) is 4.98 Å². The van der Waals surface area contributed by atoms with Crippen LogP contribution in [0.15, 0.2) is 6.20 Å². The van der Waals surface area contributed by atoms with Gasteiger partial charge >= 0.3 is 5.97 Å². The van der Waals surface area contributed by atoms with Gasteiger partial charge in [0.2, 0.25) is 11.8 Å². The van der Waals surface area contributed by atoms with Gasteiger partial charge in [0.15, 0.2) is 11.4 Å². The van der Waals surface area contributed by atoms with Crippen LogP contribution in [0.25, 0.3) is 0 Å². The lowest BCUT2D eigenvalue weighted by atomic mass is 10.0. The minimum atomic E-state index is -1.16. The van der Waals surface area contributed by atoms with Crippen LogP contribution in [0.5, 0.6) is 0 Å². The summed E-state index contributed by atoms with van der Waals surface area (Å²) in [4.78, 5) is 50.3. The van der Waals surface area contributed by atoms with Crippen molar-refractivity contribution in [3.8, 4) is 0 Å². The van der Waals surface area contributed by atoms with Crippen LogP contribution in [0.4, 0.5) is 5.13 Å². The Morgan fingerprint density at radius 3 is 2.20 bits per heavy atom. The molecule has 9 nitrogen and oxygen atoms in total. The predicted octanol–water partition coefficient (Wildman–Crippen LogP) is 0.486. The predicted molar refractivity (Wildman–Crippen MR) is 92.6 cm³/mol. The zero-order chi connectivity index (χ0) is 19.1. The molecule has 2 amide bonds. The Morgan fingerprint density at radius 1 is 1.12 bits per heavy atom. The van der Waals surface area contributed by atoms with E-state index >= 15 is 0 Å². The molecule has 138 valence electrons. The van der Waals surface area contributed by atoms with E-state index in [1.54, 1.807) is 0 Å². The van der Waals surface area contributed by atoms with E-state index in [-0.39, 0.29) is 5.92 Å². The molecule has 10 heteroatoms. The highest BCUT2D eigenvalue weighted by atomic mass is 32.1. The zero-order valence-electron chi connectivity index (χ0n) is 14.4. The summed E-state index contributed by atoms with van der Waals surface area (Å²) in [5.41, 5.74) is 0. The summed E-state index contributed by atoms with van der Waals surface area (Å²) < 4.78 is 0. The number of hydrogen-bond acceptors (Lipinski definition) is 7. The van der Waals surface area contributed by atoms with E-state index in [1.807, 2.05) is 13.8 Å². The SMILES string of the molecule is CC(NC(=O)[C@H](C)NC(=O)C(Nc1ncc(C=O)s1)C(C)C)C(=O)O. The maximum Gasteiger partial charge on any atom is 0.325 e. The van der Waals surface area contributed by atoms with Crippen molar-refractivity contribution >= 4 is 40.5 Å². The van der Waals surface area contributed by atoms with E-state index < -0.39 is 35.9 Å². The van der Waals surface area contributed by atoms with Crippen molar-refractivity contribution in [1.82, 2.24) is 15.6 Å². The molecule has 0 fully saturated rings. The Morgan fingerprint density at radius 2 is 1.72 bits per heavy atom. The van der Waals surface area contributed by atoms with E-state index in [0.29, 0.717) is 16.3 Å². The monoisotopic (exact) mass is 370 g/mol. The van der Waals surface area contributed by atoms with Gasteiger partial charge in [0.1, 0.15) is 18.1 Å². The van der Waals surface area contributed by atoms with Crippen LogP contribution in [0.3, 0.4) is 0 Å². The van der Waals surface area contributed by atoms with Crippen molar-refractivity contribution in [1.29, 1.82) is 0 Å². The standard InChI is InChI=1S/C15H22N4O5S/c1-7(2)11(19-15-16-5-10(6-20)25-15)13(22)17-8(3)12(21)18-9(4)14(23)24/h5-9,11H,1-4H3,(H,16,19)(H,17,22)(H,18,21)(H,23,24)/t8-,9?,11?/m0/s1. The second kappa shape index (κ2) is 9.11. The number of nitrogens with zero attached hydrogens (tertiary/aromatic N) is 1. The average molecular weight is 370 g/mol. The fraction of sp³-hybridized carbons (Fsp3) is 0.533. The number of amides is 2. The number of aromatic nitrogens is 1. The van der Waals surface area contributed by atoms with Gasteiger partial charge in [-0.15, -0.1) is 0 Å². The molecule has 25 heavy (non-hydrogen) atoms. The molecular weight excluding hydrogens is 348 g/mol. The molecule has 0 radical (unpaired) electrons. The molecule has 0 aromatic carbocycles. The molecule has 2 unspecified atom stereocenters. The molecule has 3 atom stereocenters. The third-order valence-electron chi connectivity index (χ3n) is 3.35. The van der Waals surface area contributed by atoms with Gasteiger partial charge in [-0.3, -0.25) is 19.2 Å². The second-order valence-corrected chi connectivity index (χ2v) is 6.91. The summed E-state index contributed by atoms with van der Waals surface area (Å²) in [7, 11) is 0. The van der Waals surface area contributed by atoms with Crippen LogP contribution >= 0.6 is 11.3 Å². The number of carboxylic acid groups (broad SMARTS) is 1. The summed E-state index contributed by atoms with van der Waals surface area (Å²) in [6, 6.07) is -2.63. The van der Waals surface area contributed by atoms with Gasteiger partial charge in [0.05, 0.1) is 11.1 Å². The summed E-state index contributed by atoms with van der Waals surface area (Å²) in [5.74, 6) is -2.30. The van der Waals surface area contributed by atoms with Crippen LogP contribution in [-0.4, -0.2) is 52.3 Å². The Bertz CT molecular complexity index is 646. The number of aldehydes is 1. The highest BCUT2D eigenvalue weighted by molar-refractivity contribution is 7.17. The lowest BCUT2D eigenvalue weighted by Crippen LogP contribution is -2.53. The Hall–Kier alpha value is -2.49. The van der Waals surface area contributed by atoms with E-state index in [0.717, 1.165) is 11.3 Å². The molecule has 4 N–H and O–H groups in total. The largest absolute Gasteiger partial charge is 0.480 e. The first-order chi connectivity index (χ1) is 11.6. The van der Waals surface area contributed by atoms with Gasteiger partial charge in [0.25, 0.3) is 0 Å². The van der Waals surface area contributed by atoms with E-state index in [2.05, 4.69) is 20.9 Å². The maximum atomic E-state index is 12.4. The third kappa shape index (κ3) is 6.14. The van der Waals surface area contributed by atoms with Crippen molar-refractivity contribution in [3.05, 3.63) is 11.1 Å². The third-order valence-corrected chi connectivity index (χ3v) is 4.20. The number of carboxylic acids is 1. The molecule has 1 aromatic heterocycles. The quantitative estimate of drug-likeness (QED) is 0.464. The molecule has 0 spiro atoms. The maximum absolute atomic E-state index is 12.4. The smallest absolute Gasteiger partial charge is 0.325 e. The molecule has 0 aliphatic carbocycles. The van der Waals surface area contributed by atoms with Gasteiger partial charge in [-0.05, 0) is 19.8 Å². The zero-order valence-corrected chi connectivity index (χ0v) is 15.2. The normalized spacial score (nSPS) is 14.3. The number of rotatable bonds is 9. The molecule has 0 saturated carbocycles. The number of hydrogen-bond donors (Lipinski definition) is 4. The van der Waals surface area contributed by atoms with Crippen LogP contribution in [0.2, 0.25) is 0 Å². The molecule has 1 aromatic rings. The highest BCUT2D eigenvalue weighted by Crippen LogP contribution is 2.19. The fourth-order valence-electron chi connectivity index (χ4n) is 1.84. The Kier molecular flexibility index (Phi) is 7.49. The first-order valence-electron chi connectivity index (χ1n) is 7.66. The van der Waals surface area contributed by atoms with Gasteiger partial charge < -0.3 is 21.1 Å². The van der Waals surface area contributed by atoms with Crippen LogP contribution in [0, 0.1) is 5.92 Å². The number of nitrogens with one attached hydrogen (secondary N) is 3. The number of carbonyl (C=O) groups excluding carboxylic acids is 3. The highest BCUT2D eigenvalue weighted by Gasteiger charge is 2.27. The molecule has 1 heterocycles. The number of anilines is 1. The molecule has 0 saturated heterocycles. The fourth-order valence-corrected chi connectivity index (χ4v) is 2.51. The lowest BCUT2D eigenvalue weighted by molar-refractivity contribution is -0.141. The van der Waals surface area contributed by atoms with Gasteiger partial charge in [-0.2, -0.15) is 0 Å². The molecule has 0 bridgehead atoms. The van der Waals surface area contributed by atoms with Gasteiger partial charge in [0, 0.05) is 0 Å². The van der Waals surface area contributed by atoms with E-state index in [1.165, 1.54) is 20.0 Å².